The van der Waals surface area contributed by atoms with Gasteiger partial charge in [-0.25, -0.2) is 4.98 Å². The van der Waals surface area contributed by atoms with Crippen molar-refractivity contribution >= 4 is 16.9 Å². The highest BCUT2D eigenvalue weighted by Crippen LogP contribution is 2.45. The molecule has 5 nitrogen and oxygen atoms in total. The van der Waals surface area contributed by atoms with Crippen LogP contribution in [0.25, 0.3) is 11.0 Å². The second-order valence-electron chi connectivity index (χ2n) is 12.3. The summed E-state index contributed by atoms with van der Waals surface area (Å²) in [7, 11) is 0. The molecule has 5 heteroatoms. The summed E-state index contributed by atoms with van der Waals surface area (Å²) in [6.07, 6.45) is 10.7. The van der Waals surface area contributed by atoms with Crippen LogP contribution in [0.2, 0.25) is 0 Å². The first-order chi connectivity index (χ1) is 18.1. The Morgan fingerprint density at radius 2 is 1.57 bits per heavy atom. The van der Waals surface area contributed by atoms with E-state index in [4.69, 9.17) is 4.98 Å². The molecular formula is C32H40N4O. The van der Waals surface area contributed by atoms with Gasteiger partial charge in [-0.15, -0.1) is 0 Å². The molecule has 0 radical (unpaired) electrons. The minimum Gasteiger partial charge on any atom is -0.342 e. The molecule has 3 saturated heterocycles. The van der Waals surface area contributed by atoms with Crippen molar-refractivity contribution in [2.24, 2.45) is 5.92 Å². The lowest BCUT2D eigenvalue weighted by atomic mass is 9.70. The average molecular weight is 497 g/mol. The zero-order valence-electron chi connectivity index (χ0n) is 22.2. The van der Waals surface area contributed by atoms with Crippen LogP contribution >= 0.6 is 0 Å². The van der Waals surface area contributed by atoms with E-state index in [-0.39, 0.29) is 5.41 Å². The quantitative estimate of drug-likeness (QED) is 0.428. The number of imidazole rings is 1. The number of rotatable bonds is 6. The van der Waals surface area contributed by atoms with Gasteiger partial charge in [-0.05, 0) is 94.4 Å². The fourth-order valence-corrected chi connectivity index (χ4v) is 8.01. The fourth-order valence-electron chi connectivity index (χ4n) is 8.01. The number of para-hydroxylation sites is 2. The largest absolute Gasteiger partial charge is 0.342 e. The summed E-state index contributed by atoms with van der Waals surface area (Å²) in [6, 6.07) is 21.8. The third-order valence-electron chi connectivity index (χ3n) is 10.2. The van der Waals surface area contributed by atoms with Gasteiger partial charge in [-0.2, -0.15) is 0 Å². The van der Waals surface area contributed by atoms with Gasteiger partial charge in [-0.3, -0.25) is 9.69 Å². The predicted octanol–water partition coefficient (Wildman–Crippen LogP) is 5.87. The van der Waals surface area contributed by atoms with E-state index in [1.54, 1.807) is 0 Å². The number of fused-ring (bicyclic) bond motifs is 3. The normalized spacial score (nSPS) is 27.6. The molecule has 1 amide bonds. The van der Waals surface area contributed by atoms with Gasteiger partial charge in [0.05, 0.1) is 11.0 Å². The van der Waals surface area contributed by atoms with Gasteiger partial charge in [0, 0.05) is 37.1 Å². The number of nitrogens with zero attached hydrogens (tertiary/aromatic N) is 4. The molecule has 1 aliphatic carbocycles. The third kappa shape index (κ3) is 4.20. The molecule has 2 bridgehead atoms. The minimum atomic E-state index is 0.190. The molecule has 0 spiro atoms. The Hall–Kier alpha value is -2.66. The van der Waals surface area contributed by atoms with Crippen LogP contribution in [0.4, 0.5) is 0 Å². The molecule has 1 saturated carbocycles. The molecule has 1 aromatic heterocycles. The van der Waals surface area contributed by atoms with E-state index < -0.39 is 0 Å². The summed E-state index contributed by atoms with van der Waals surface area (Å²) in [4.78, 5) is 22.7. The molecule has 3 aliphatic heterocycles. The first-order valence-electron chi connectivity index (χ1n) is 14.6. The Bertz CT molecular complexity index is 1260. The van der Waals surface area contributed by atoms with Gasteiger partial charge in [0.1, 0.15) is 5.82 Å². The van der Waals surface area contributed by atoms with E-state index in [1.165, 1.54) is 49.7 Å². The SMILES string of the molecule is Cc1nc2ccccc2n1[C@H]1C[C@H]2CC[C@@H](C1)N2CCC1(c2ccccc2)CCN(C(=O)C2CC2)CC1. The molecular weight excluding hydrogens is 456 g/mol. The van der Waals surface area contributed by atoms with Gasteiger partial charge in [0.15, 0.2) is 0 Å². The summed E-state index contributed by atoms with van der Waals surface area (Å²) < 4.78 is 2.54. The van der Waals surface area contributed by atoms with Gasteiger partial charge >= 0.3 is 0 Å². The standard InChI is InChI=1S/C32H40N4O/c1-23-33-29-9-5-6-10-30(29)36(23)28-21-26-13-14-27(22-28)35(26)20-17-32(25-7-3-2-4-8-25)15-18-34(19-16-32)31(37)24-11-12-24/h2-10,24,26-28H,11-22H2,1H3/t26-,27+,28+. The van der Waals surface area contributed by atoms with E-state index in [0.717, 1.165) is 50.1 Å². The third-order valence-corrected chi connectivity index (χ3v) is 10.2. The van der Waals surface area contributed by atoms with Gasteiger partial charge in [0.2, 0.25) is 5.91 Å². The van der Waals surface area contributed by atoms with Crippen molar-refractivity contribution in [3.63, 3.8) is 0 Å². The maximum absolute atomic E-state index is 12.8. The zero-order valence-corrected chi connectivity index (χ0v) is 22.2. The van der Waals surface area contributed by atoms with Crippen molar-refractivity contribution < 1.29 is 4.79 Å². The topological polar surface area (TPSA) is 41.4 Å². The molecule has 4 heterocycles. The lowest BCUT2D eigenvalue weighted by molar-refractivity contribution is -0.134. The number of likely N-dealkylation sites (tertiary alicyclic amines) is 1. The van der Waals surface area contributed by atoms with Crippen molar-refractivity contribution in [2.45, 2.75) is 88.3 Å². The highest BCUT2D eigenvalue weighted by atomic mass is 16.2. The van der Waals surface area contributed by atoms with Crippen LogP contribution in [0.5, 0.6) is 0 Å². The number of hydrogen-bond acceptors (Lipinski definition) is 3. The Balaban J connectivity index is 1.07. The Labute approximate surface area is 220 Å². The number of piperidine rings is 2. The van der Waals surface area contributed by atoms with Crippen molar-refractivity contribution in [3.8, 4) is 0 Å². The van der Waals surface area contributed by atoms with Crippen molar-refractivity contribution in [3.05, 3.63) is 66.0 Å². The Morgan fingerprint density at radius 3 is 2.27 bits per heavy atom. The van der Waals surface area contributed by atoms with Crippen LogP contribution in [-0.4, -0.2) is 57.0 Å². The van der Waals surface area contributed by atoms with E-state index >= 15 is 0 Å². The van der Waals surface area contributed by atoms with Crippen LogP contribution in [0, 0.1) is 12.8 Å². The maximum Gasteiger partial charge on any atom is 0.225 e. The summed E-state index contributed by atoms with van der Waals surface area (Å²) >= 11 is 0. The number of amides is 1. The van der Waals surface area contributed by atoms with E-state index in [1.807, 2.05) is 0 Å². The molecule has 4 aliphatic rings. The van der Waals surface area contributed by atoms with E-state index in [9.17, 15) is 4.79 Å². The number of hydrogen-bond donors (Lipinski definition) is 0. The first-order valence-corrected chi connectivity index (χ1v) is 14.6. The molecule has 7 rings (SSSR count). The number of aromatic nitrogens is 2. The summed E-state index contributed by atoms with van der Waals surface area (Å²) in [5.41, 5.74) is 4.10. The van der Waals surface area contributed by atoms with Crippen molar-refractivity contribution in [2.75, 3.05) is 19.6 Å². The average Bonchev–Trinajstić information content (AvgIpc) is 3.68. The monoisotopic (exact) mass is 496 g/mol. The molecule has 2 aromatic carbocycles. The van der Waals surface area contributed by atoms with Crippen LogP contribution < -0.4 is 0 Å². The number of carbonyl (C=O) groups is 1. The molecule has 4 fully saturated rings. The second kappa shape index (κ2) is 9.27. The van der Waals surface area contributed by atoms with Gasteiger partial charge < -0.3 is 9.47 Å². The van der Waals surface area contributed by atoms with Crippen molar-refractivity contribution in [1.82, 2.24) is 19.4 Å². The van der Waals surface area contributed by atoms with Crippen LogP contribution in [0.1, 0.15) is 75.2 Å². The van der Waals surface area contributed by atoms with Crippen LogP contribution in [-0.2, 0) is 10.2 Å². The van der Waals surface area contributed by atoms with Gasteiger partial charge in [0.25, 0.3) is 0 Å². The second-order valence-corrected chi connectivity index (χ2v) is 12.3. The number of aryl methyl sites for hydroxylation is 1. The molecule has 0 unspecified atom stereocenters. The summed E-state index contributed by atoms with van der Waals surface area (Å²) in [5, 5.41) is 0. The predicted molar refractivity (Wildman–Crippen MR) is 148 cm³/mol. The molecule has 0 N–H and O–H groups in total. The van der Waals surface area contributed by atoms with E-state index in [2.05, 4.69) is 75.9 Å². The molecule has 37 heavy (non-hydrogen) atoms. The zero-order chi connectivity index (χ0) is 25.0. The van der Waals surface area contributed by atoms with E-state index in [0.29, 0.717) is 30.0 Å². The smallest absolute Gasteiger partial charge is 0.225 e. The number of benzene rings is 2. The summed E-state index contributed by atoms with van der Waals surface area (Å²) in [6.45, 7) is 5.20. The Kier molecular flexibility index (Phi) is 5.88. The molecule has 194 valence electrons. The van der Waals surface area contributed by atoms with Crippen molar-refractivity contribution in [1.29, 1.82) is 0 Å². The lowest BCUT2D eigenvalue weighted by Crippen LogP contribution is -2.49. The highest BCUT2D eigenvalue weighted by Gasteiger charge is 2.45. The minimum absolute atomic E-state index is 0.190. The maximum atomic E-state index is 12.8. The van der Waals surface area contributed by atoms with Crippen LogP contribution in [0.3, 0.4) is 0 Å². The Morgan fingerprint density at radius 1 is 0.892 bits per heavy atom. The fraction of sp³-hybridized carbons (Fsp3) is 0.562. The number of carbonyl (C=O) groups excluding carboxylic acids is 1. The first kappa shape index (κ1) is 23.5. The lowest BCUT2D eigenvalue weighted by Gasteiger charge is -2.45. The molecule has 3 aromatic rings. The highest BCUT2D eigenvalue weighted by molar-refractivity contribution is 5.81. The summed E-state index contributed by atoms with van der Waals surface area (Å²) in [5.74, 6) is 1.91. The van der Waals surface area contributed by atoms with Gasteiger partial charge in [-0.1, -0.05) is 42.5 Å². The molecule has 3 atom stereocenters. The van der Waals surface area contributed by atoms with Crippen LogP contribution in [0.15, 0.2) is 54.6 Å².